The van der Waals surface area contributed by atoms with Crippen molar-refractivity contribution in [2.45, 2.75) is 44.6 Å². The summed E-state index contributed by atoms with van der Waals surface area (Å²) in [5, 5.41) is 11.9. The van der Waals surface area contributed by atoms with E-state index in [4.69, 9.17) is 10.2 Å². The topological polar surface area (TPSA) is 59.4 Å². The lowest BCUT2D eigenvalue weighted by molar-refractivity contribution is 0.00235. The van der Waals surface area contributed by atoms with E-state index in [0.29, 0.717) is 12.3 Å². The molecule has 0 spiro atoms. The highest BCUT2D eigenvalue weighted by Crippen LogP contribution is 2.45. The van der Waals surface area contributed by atoms with Crippen LogP contribution in [-0.2, 0) is 0 Å². The van der Waals surface area contributed by atoms with E-state index in [1.807, 2.05) is 30.3 Å². The summed E-state index contributed by atoms with van der Waals surface area (Å²) >= 11 is 0. The van der Waals surface area contributed by atoms with Crippen molar-refractivity contribution in [3.8, 4) is 0 Å². The maximum atomic E-state index is 10.8. The summed E-state index contributed by atoms with van der Waals surface area (Å²) in [5.74, 6) is 0.665. The van der Waals surface area contributed by atoms with Crippen molar-refractivity contribution in [3.05, 3.63) is 36.1 Å². The number of benzene rings is 1. The first-order valence-corrected chi connectivity index (χ1v) is 7.62. The third kappa shape index (κ3) is 2.36. The Morgan fingerprint density at radius 1 is 1.15 bits per heavy atom. The van der Waals surface area contributed by atoms with E-state index in [0.717, 1.165) is 36.7 Å². The number of fused-ring (bicyclic) bond motifs is 1. The highest BCUT2D eigenvalue weighted by atomic mass is 16.4. The highest BCUT2D eigenvalue weighted by Gasteiger charge is 2.39. The molecule has 1 fully saturated rings. The molecule has 0 aliphatic heterocycles. The van der Waals surface area contributed by atoms with Gasteiger partial charge in [-0.15, -0.1) is 0 Å². The van der Waals surface area contributed by atoms with E-state index < -0.39 is 6.10 Å². The molecule has 1 aromatic heterocycles. The molecule has 0 saturated heterocycles. The van der Waals surface area contributed by atoms with E-state index >= 15 is 0 Å². The Balaban J connectivity index is 1.94. The number of furan rings is 1. The molecule has 3 nitrogen and oxygen atoms in total. The molecular formula is C17H23NO2. The first-order valence-electron chi connectivity index (χ1n) is 7.62. The molecule has 0 radical (unpaired) electrons. The Labute approximate surface area is 119 Å². The Morgan fingerprint density at radius 3 is 2.50 bits per heavy atom. The van der Waals surface area contributed by atoms with Crippen LogP contribution in [0, 0.1) is 5.41 Å². The molecule has 0 bridgehead atoms. The van der Waals surface area contributed by atoms with Gasteiger partial charge in [0, 0.05) is 17.3 Å². The van der Waals surface area contributed by atoms with Crippen LogP contribution >= 0.6 is 0 Å². The van der Waals surface area contributed by atoms with Crippen LogP contribution < -0.4 is 5.73 Å². The van der Waals surface area contributed by atoms with Crippen molar-refractivity contribution in [3.63, 3.8) is 0 Å². The molecular weight excluding hydrogens is 250 g/mol. The SMILES string of the molecule is NCC1(C(O)c2cc3ccccc3o2)CCCCCC1. The molecule has 0 amide bonds. The minimum Gasteiger partial charge on any atom is -0.458 e. The summed E-state index contributed by atoms with van der Waals surface area (Å²) in [4.78, 5) is 0. The van der Waals surface area contributed by atoms with Crippen molar-refractivity contribution in [2.75, 3.05) is 6.54 Å². The predicted molar refractivity (Wildman–Crippen MR) is 80.4 cm³/mol. The second kappa shape index (κ2) is 5.58. The third-order valence-corrected chi connectivity index (χ3v) is 4.80. The second-order valence-corrected chi connectivity index (χ2v) is 6.07. The zero-order valence-corrected chi connectivity index (χ0v) is 11.8. The fraction of sp³-hybridized carbons (Fsp3) is 0.529. The molecule has 3 rings (SSSR count). The monoisotopic (exact) mass is 273 g/mol. The smallest absolute Gasteiger partial charge is 0.134 e. The fourth-order valence-electron chi connectivity index (χ4n) is 3.46. The molecule has 2 aromatic rings. The van der Waals surface area contributed by atoms with Crippen LogP contribution in [0.15, 0.2) is 34.7 Å². The maximum absolute atomic E-state index is 10.8. The lowest BCUT2D eigenvalue weighted by Crippen LogP contribution is -2.36. The average molecular weight is 273 g/mol. The van der Waals surface area contributed by atoms with Gasteiger partial charge in [0.15, 0.2) is 0 Å². The molecule has 1 aliphatic carbocycles. The van der Waals surface area contributed by atoms with Gasteiger partial charge < -0.3 is 15.3 Å². The van der Waals surface area contributed by atoms with E-state index in [1.54, 1.807) is 0 Å². The largest absolute Gasteiger partial charge is 0.458 e. The van der Waals surface area contributed by atoms with Gasteiger partial charge in [-0.1, -0.05) is 43.9 Å². The van der Waals surface area contributed by atoms with Crippen molar-refractivity contribution in [1.29, 1.82) is 0 Å². The fourth-order valence-corrected chi connectivity index (χ4v) is 3.46. The van der Waals surface area contributed by atoms with E-state index in [2.05, 4.69) is 0 Å². The van der Waals surface area contributed by atoms with Crippen molar-refractivity contribution in [2.24, 2.45) is 11.1 Å². The number of hydrogen-bond acceptors (Lipinski definition) is 3. The maximum Gasteiger partial charge on any atom is 0.134 e. The summed E-state index contributed by atoms with van der Waals surface area (Å²) in [6.45, 7) is 0.519. The van der Waals surface area contributed by atoms with Crippen LogP contribution in [0.5, 0.6) is 0 Å². The van der Waals surface area contributed by atoms with Gasteiger partial charge >= 0.3 is 0 Å². The van der Waals surface area contributed by atoms with Gasteiger partial charge in [0.2, 0.25) is 0 Å². The lowest BCUT2D eigenvalue weighted by Gasteiger charge is -2.35. The first kappa shape index (κ1) is 13.7. The molecule has 108 valence electrons. The minimum absolute atomic E-state index is 0.218. The van der Waals surface area contributed by atoms with Crippen molar-refractivity contribution in [1.82, 2.24) is 0 Å². The summed E-state index contributed by atoms with van der Waals surface area (Å²) in [6.07, 6.45) is 6.16. The molecule has 3 heteroatoms. The lowest BCUT2D eigenvalue weighted by atomic mass is 9.74. The summed E-state index contributed by atoms with van der Waals surface area (Å²) in [6, 6.07) is 9.85. The molecule has 1 aliphatic rings. The molecule has 1 saturated carbocycles. The minimum atomic E-state index is -0.599. The zero-order chi connectivity index (χ0) is 14.0. The van der Waals surface area contributed by atoms with Gasteiger partial charge in [-0.25, -0.2) is 0 Å². The number of para-hydroxylation sites is 1. The quantitative estimate of drug-likeness (QED) is 0.837. The zero-order valence-electron chi connectivity index (χ0n) is 11.8. The van der Waals surface area contributed by atoms with E-state index in [1.165, 1.54) is 12.8 Å². The predicted octanol–water partition coefficient (Wildman–Crippen LogP) is 3.77. The second-order valence-electron chi connectivity index (χ2n) is 6.07. The normalized spacial score (nSPS) is 20.7. The highest BCUT2D eigenvalue weighted by molar-refractivity contribution is 5.77. The third-order valence-electron chi connectivity index (χ3n) is 4.80. The van der Waals surface area contributed by atoms with Crippen LogP contribution in [-0.4, -0.2) is 11.7 Å². The van der Waals surface area contributed by atoms with E-state index in [9.17, 15) is 5.11 Å². The first-order chi connectivity index (χ1) is 9.75. The van der Waals surface area contributed by atoms with Gasteiger partial charge in [0.25, 0.3) is 0 Å². The van der Waals surface area contributed by atoms with Crippen LogP contribution in [0.1, 0.15) is 50.4 Å². The van der Waals surface area contributed by atoms with Crippen LogP contribution in [0.2, 0.25) is 0 Å². The summed E-state index contributed by atoms with van der Waals surface area (Å²) in [7, 11) is 0. The van der Waals surface area contributed by atoms with Crippen molar-refractivity contribution >= 4 is 11.0 Å². The van der Waals surface area contributed by atoms with Gasteiger partial charge in [0.05, 0.1) is 0 Å². The van der Waals surface area contributed by atoms with Crippen LogP contribution in [0.4, 0.5) is 0 Å². The molecule has 1 heterocycles. The van der Waals surface area contributed by atoms with Crippen LogP contribution in [0.3, 0.4) is 0 Å². The Kier molecular flexibility index (Phi) is 3.81. The van der Waals surface area contributed by atoms with Gasteiger partial charge in [-0.2, -0.15) is 0 Å². The van der Waals surface area contributed by atoms with Gasteiger partial charge in [0.1, 0.15) is 17.4 Å². The molecule has 1 aromatic carbocycles. The molecule has 3 N–H and O–H groups in total. The Morgan fingerprint density at radius 2 is 1.85 bits per heavy atom. The number of rotatable bonds is 3. The summed E-state index contributed by atoms with van der Waals surface area (Å²) in [5.41, 5.74) is 6.66. The Hall–Kier alpha value is -1.32. The molecule has 20 heavy (non-hydrogen) atoms. The standard InChI is InChI=1S/C17H23NO2/c18-12-17(9-5-1-2-6-10-17)16(19)15-11-13-7-3-4-8-14(13)20-15/h3-4,7-8,11,16,19H,1-2,5-6,9-10,12,18H2. The number of hydrogen-bond donors (Lipinski definition) is 2. The Bertz CT molecular complexity index is 534. The average Bonchev–Trinajstić information content (AvgIpc) is 2.76. The van der Waals surface area contributed by atoms with E-state index in [-0.39, 0.29) is 5.41 Å². The summed E-state index contributed by atoms with van der Waals surface area (Å²) < 4.78 is 5.85. The van der Waals surface area contributed by atoms with Gasteiger partial charge in [-0.3, -0.25) is 0 Å². The number of nitrogens with two attached hydrogens (primary N) is 1. The number of aliphatic hydroxyl groups is 1. The van der Waals surface area contributed by atoms with Gasteiger partial charge in [-0.05, 0) is 25.0 Å². The molecule has 1 atom stereocenters. The number of aliphatic hydroxyl groups excluding tert-OH is 1. The van der Waals surface area contributed by atoms with Crippen molar-refractivity contribution < 1.29 is 9.52 Å². The van der Waals surface area contributed by atoms with Crippen LogP contribution in [0.25, 0.3) is 11.0 Å². The molecule has 1 unspecified atom stereocenters.